The first-order chi connectivity index (χ1) is 6.12. The molecule has 1 aromatic rings. The van der Waals surface area contributed by atoms with Crippen molar-refractivity contribution in [3.8, 4) is 0 Å². The van der Waals surface area contributed by atoms with Crippen LogP contribution in [-0.2, 0) is 12.6 Å². The van der Waals surface area contributed by atoms with Crippen LogP contribution in [0.1, 0.15) is 25.1 Å². The van der Waals surface area contributed by atoms with Gasteiger partial charge in [0.15, 0.2) is 0 Å². The van der Waals surface area contributed by atoms with Crippen molar-refractivity contribution < 1.29 is 5.11 Å². The quantitative estimate of drug-likeness (QED) is 0.646. The van der Waals surface area contributed by atoms with E-state index < -0.39 is 5.60 Å². The van der Waals surface area contributed by atoms with Gasteiger partial charge in [-0.1, -0.05) is 0 Å². The minimum absolute atomic E-state index is 0.113. The number of nitrogens with two attached hydrogens (primary N) is 1. The van der Waals surface area contributed by atoms with Crippen molar-refractivity contribution in [2.45, 2.75) is 30.9 Å². The van der Waals surface area contributed by atoms with Gasteiger partial charge in [0.05, 0.1) is 0 Å². The standard InChI is InChI=1S/C9H15N3O/c1-12-5-4-11-8(12)9(13)3-2-7(10)6-9/h4-5,7,13H,2-3,6,10H2,1H3. The van der Waals surface area contributed by atoms with Crippen LogP contribution in [0.15, 0.2) is 12.4 Å². The van der Waals surface area contributed by atoms with Gasteiger partial charge in [-0.05, 0) is 19.3 Å². The molecule has 1 aromatic heterocycles. The van der Waals surface area contributed by atoms with Crippen molar-refractivity contribution in [2.75, 3.05) is 0 Å². The second-order valence-electron chi connectivity index (χ2n) is 3.90. The van der Waals surface area contributed by atoms with Crippen LogP contribution in [0, 0.1) is 0 Å². The lowest BCUT2D eigenvalue weighted by Crippen LogP contribution is -2.28. The summed E-state index contributed by atoms with van der Waals surface area (Å²) in [6, 6.07) is 0.113. The fourth-order valence-corrected chi connectivity index (χ4v) is 2.08. The molecule has 1 fully saturated rings. The molecule has 0 radical (unpaired) electrons. The predicted molar refractivity (Wildman–Crippen MR) is 48.9 cm³/mol. The Hall–Kier alpha value is -0.870. The predicted octanol–water partition coefficient (Wildman–Crippen LogP) is 0.119. The van der Waals surface area contributed by atoms with E-state index >= 15 is 0 Å². The van der Waals surface area contributed by atoms with Crippen LogP contribution >= 0.6 is 0 Å². The maximum absolute atomic E-state index is 10.2. The highest BCUT2D eigenvalue weighted by atomic mass is 16.3. The molecule has 4 heteroatoms. The Morgan fingerprint density at radius 1 is 1.77 bits per heavy atom. The zero-order valence-electron chi connectivity index (χ0n) is 7.77. The SMILES string of the molecule is Cn1ccnc1C1(O)CCC(N)C1. The summed E-state index contributed by atoms with van der Waals surface area (Å²) in [7, 11) is 1.89. The average molecular weight is 181 g/mol. The normalized spacial score (nSPS) is 33.9. The van der Waals surface area contributed by atoms with E-state index in [1.165, 1.54) is 0 Å². The summed E-state index contributed by atoms with van der Waals surface area (Å²) in [5, 5.41) is 10.2. The zero-order valence-corrected chi connectivity index (χ0v) is 7.77. The van der Waals surface area contributed by atoms with Gasteiger partial charge in [0, 0.05) is 25.5 Å². The Kier molecular flexibility index (Phi) is 1.89. The molecule has 0 spiro atoms. The second kappa shape index (κ2) is 2.82. The largest absolute Gasteiger partial charge is 0.382 e. The van der Waals surface area contributed by atoms with Crippen molar-refractivity contribution in [1.29, 1.82) is 0 Å². The summed E-state index contributed by atoms with van der Waals surface area (Å²) in [5.74, 6) is 0.737. The lowest BCUT2D eigenvalue weighted by molar-refractivity contribution is 0.0311. The van der Waals surface area contributed by atoms with Crippen molar-refractivity contribution in [3.05, 3.63) is 18.2 Å². The summed E-state index contributed by atoms with van der Waals surface area (Å²) < 4.78 is 1.86. The van der Waals surface area contributed by atoms with Crippen LogP contribution in [0.5, 0.6) is 0 Å². The first-order valence-electron chi connectivity index (χ1n) is 4.57. The summed E-state index contributed by atoms with van der Waals surface area (Å²) in [6.07, 6.45) is 5.77. The molecule has 0 amide bonds. The molecule has 1 heterocycles. The van der Waals surface area contributed by atoms with E-state index in [9.17, 15) is 5.11 Å². The van der Waals surface area contributed by atoms with Crippen LogP contribution in [0.25, 0.3) is 0 Å². The lowest BCUT2D eigenvalue weighted by Gasteiger charge is -2.21. The summed E-state index contributed by atoms with van der Waals surface area (Å²) >= 11 is 0. The Bertz CT molecular complexity index is 310. The molecule has 1 aliphatic rings. The number of aryl methyl sites for hydroxylation is 1. The van der Waals surface area contributed by atoms with Gasteiger partial charge in [-0.2, -0.15) is 0 Å². The molecule has 13 heavy (non-hydrogen) atoms. The summed E-state index contributed by atoms with van der Waals surface area (Å²) in [6.45, 7) is 0. The number of aliphatic hydroxyl groups is 1. The number of hydrogen-bond donors (Lipinski definition) is 2. The van der Waals surface area contributed by atoms with Gasteiger partial charge in [-0.15, -0.1) is 0 Å². The summed E-state index contributed by atoms with van der Waals surface area (Å²) in [4.78, 5) is 4.16. The Morgan fingerprint density at radius 3 is 3.00 bits per heavy atom. The molecular weight excluding hydrogens is 166 g/mol. The van der Waals surface area contributed by atoms with Crippen molar-refractivity contribution >= 4 is 0 Å². The molecule has 1 aliphatic carbocycles. The maximum atomic E-state index is 10.2. The third-order valence-corrected chi connectivity index (χ3v) is 2.77. The van der Waals surface area contributed by atoms with Gasteiger partial charge in [0.2, 0.25) is 0 Å². The number of hydrogen-bond acceptors (Lipinski definition) is 3. The molecule has 4 nitrogen and oxygen atoms in total. The molecule has 1 saturated carbocycles. The first kappa shape index (κ1) is 8.72. The molecule has 0 aromatic carbocycles. The fraction of sp³-hybridized carbons (Fsp3) is 0.667. The second-order valence-corrected chi connectivity index (χ2v) is 3.90. The number of imidazole rings is 1. The first-order valence-corrected chi connectivity index (χ1v) is 4.57. The van der Waals surface area contributed by atoms with E-state index in [1.807, 2.05) is 17.8 Å². The van der Waals surface area contributed by atoms with Crippen LogP contribution in [-0.4, -0.2) is 20.7 Å². The molecular formula is C9H15N3O. The van der Waals surface area contributed by atoms with Crippen LogP contribution in [0.2, 0.25) is 0 Å². The van der Waals surface area contributed by atoms with Crippen molar-refractivity contribution in [2.24, 2.45) is 12.8 Å². The fourth-order valence-electron chi connectivity index (χ4n) is 2.08. The highest BCUT2D eigenvalue weighted by Gasteiger charge is 2.40. The maximum Gasteiger partial charge on any atom is 0.140 e. The number of nitrogens with zero attached hydrogens (tertiary/aromatic N) is 2. The monoisotopic (exact) mass is 181 g/mol. The topological polar surface area (TPSA) is 64.1 Å². The third-order valence-electron chi connectivity index (χ3n) is 2.77. The van der Waals surface area contributed by atoms with Gasteiger partial charge in [-0.3, -0.25) is 0 Å². The molecule has 3 N–H and O–H groups in total. The van der Waals surface area contributed by atoms with Gasteiger partial charge in [0.25, 0.3) is 0 Å². The van der Waals surface area contributed by atoms with E-state index in [0.717, 1.165) is 18.7 Å². The van der Waals surface area contributed by atoms with E-state index in [2.05, 4.69) is 4.98 Å². The molecule has 2 unspecified atom stereocenters. The Labute approximate surface area is 77.4 Å². The molecule has 72 valence electrons. The molecule has 2 atom stereocenters. The molecule has 2 rings (SSSR count). The minimum Gasteiger partial charge on any atom is -0.382 e. The molecule has 0 bridgehead atoms. The van der Waals surface area contributed by atoms with Gasteiger partial charge in [-0.25, -0.2) is 4.98 Å². The minimum atomic E-state index is -0.794. The zero-order chi connectivity index (χ0) is 9.47. The number of rotatable bonds is 1. The Balaban J connectivity index is 2.30. The highest BCUT2D eigenvalue weighted by Crippen LogP contribution is 2.36. The van der Waals surface area contributed by atoms with E-state index in [4.69, 9.17) is 5.73 Å². The van der Waals surface area contributed by atoms with Crippen molar-refractivity contribution in [3.63, 3.8) is 0 Å². The van der Waals surface area contributed by atoms with Gasteiger partial charge < -0.3 is 15.4 Å². The third kappa shape index (κ3) is 1.36. The van der Waals surface area contributed by atoms with E-state index in [0.29, 0.717) is 6.42 Å². The highest BCUT2D eigenvalue weighted by molar-refractivity contribution is 5.08. The Morgan fingerprint density at radius 2 is 2.54 bits per heavy atom. The summed E-state index contributed by atoms with van der Waals surface area (Å²) in [5.41, 5.74) is 4.98. The van der Waals surface area contributed by atoms with Crippen LogP contribution in [0.4, 0.5) is 0 Å². The molecule has 0 saturated heterocycles. The smallest absolute Gasteiger partial charge is 0.140 e. The van der Waals surface area contributed by atoms with Crippen molar-refractivity contribution in [1.82, 2.24) is 9.55 Å². The van der Waals surface area contributed by atoms with Gasteiger partial charge >= 0.3 is 0 Å². The number of aromatic nitrogens is 2. The average Bonchev–Trinajstić information content (AvgIpc) is 2.59. The molecule has 0 aliphatic heterocycles. The van der Waals surface area contributed by atoms with Crippen LogP contribution < -0.4 is 5.73 Å². The lowest BCUT2D eigenvalue weighted by atomic mass is 10.0. The van der Waals surface area contributed by atoms with E-state index in [-0.39, 0.29) is 6.04 Å². The van der Waals surface area contributed by atoms with Gasteiger partial charge in [0.1, 0.15) is 11.4 Å². The van der Waals surface area contributed by atoms with Crippen LogP contribution in [0.3, 0.4) is 0 Å². The van der Waals surface area contributed by atoms with E-state index in [1.54, 1.807) is 6.20 Å².